The summed E-state index contributed by atoms with van der Waals surface area (Å²) in [6.45, 7) is 3.77. The van der Waals surface area contributed by atoms with Crippen molar-refractivity contribution >= 4 is 23.2 Å². The van der Waals surface area contributed by atoms with Crippen molar-refractivity contribution in [1.82, 2.24) is 9.80 Å². The van der Waals surface area contributed by atoms with Gasteiger partial charge in [0.05, 0.1) is 6.04 Å². The van der Waals surface area contributed by atoms with Crippen molar-refractivity contribution in [2.24, 2.45) is 5.92 Å². The van der Waals surface area contributed by atoms with Crippen LogP contribution in [0.15, 0.2) is 66.0 Å². The van der Waals surface area contributed by atoms with Gasteiger partial charge < -0.3 is 14.5 Å². The van der Waals surface area contributed by atoms with Gasteiger partial charge in [-0.2, -0.15) is 0 Å². The van der Waals surface area contributed by atoms with Crippen molar-refractivity contribution in [3.63, 3.8) is 0 Å². The molecule has 6 heteroatoms. The third-order valence-corrected chi connectivity index (χ3v) is 7.62. The fourth-order valence-corrected chi connectivity index (χ4v) is 5.54. The van der Waals surface area contributed by atoms with E-state index in [-0.39, 0.29) is 24.4 Å². The summed E-state index contributed by atoms with van der Waals surface area (Å²) in [6, 6.07) is 19.3. The number of fused-ring (bicyclic) bond motifs is 1. The molecule has 0 saturated heterocycles. The smallest absolute Gasteiger partial charge is 0.254 e. The lowest BCUT2D eigenvalue weighted by Crippen LogP contribution is -2.48. The zero-order valence-corrected chi connectivity index (χ0v) is 20.3. The van der Waals surface area contributed by atoms with Crippen LogP contribution >= 0.6 is 11.3 Å². The van der Waals surface area contributed by atoms with Crippen LogP contribution in [0.3, 0.4) is 0 Å². The van der Waals surface area contributed by atoms with Crippen LogP contribution in [0.5, 0.6) is 5.75 Å². The van der Waals surface area contributed by atoms with Gasteiger partial charge in [-0.3, -0.25) is 9.59 Å². The summed E-state index contributed by atoms with van der Waals surface area (Å²) < 4.78 is 6.09. The quantitative estimate of drug-likeness (QED) is 0.456. The minimum Gasteiger partial charge on any atom is -0.491 e. The lowest BCUT2D eigenvalue weighted by Gasteiger charge is -2.37. The van der Waals surface area contributed by atoms with Crippen molar-refractivity contribution in [2.45, 2.75) is 32.2 Å². The van der Waals surface area contributed by atoms with Gasteiger partial charge >= 0.3 is 0 Å². The molecule has 2 aromatic carbocycles. The molecule has 1 aliphatic heterocycles. The van der Waals surface area contributed by atoms with Gasteiger partial charge in [-0.15, -0.1) is 11.3 Å². The minimum absolute atomic E-state index is 0.0137. The molecule has 176 valence electrons. The molecular weight excluding hydrogens is 444 g/mol. The van der Waals surface area contributed by atoms with Crippen LogP contribution in [-0.2, 0) is 11.2 Å². The molecule has 0 unspecified atom stereocenters. The van der Waals surface area contributed by atoms with Gasteiger partial charge in [0.1, 0.15) is 18.9 Å². The fourth-order valence-electron chi connectivity index (χ4n) is 4.61. The maximum absolute atomic E-state index is 13.6. The number of amides is 2. The van der Waals surface area contributed by atoms with Crippen molar-refractivity contribution in [2.75, 3.05) is 26.2 Å². The number of hydrogen-bond acceptors (Lipinski definition) is 4. The molecule has 5 rings (SSSR count). The molecule has 2 amide bonds. The molecule has 3 aromatic rings. The molecule has 1 aromatic heterocycles. The molecule has 1 fully saturated rings. The highest BCUT2D eigenvalue weighted by atomic mass is 32.1. The number of carbonyl (C=O) groups excluding carboxylic acids is 2. The maximum atomic E-state index is 13.6. The molecule has 0 spiro atoms. The molecule has 1 saturated carbocycles. The van der Waals surface area contributed by atoms with E-state index in [1.807, 2.05) is 66.4 Å². The summed E-state index contributed by atoms with van der Waals surface area (Å²) in [7, 11) is 0. The lowest BCUT2D eigenvalue weighted by molar-refractivity contribution is -0.135. The van der Waals surface area contributed by atoms with Crippen molar-refractivity contribution < 1.29 is 14.3 Å². The highest BCUT2D eigenvalue weighted by molar-refractivity contribution is 7.10. The fraction of sp³-hybridized carbons (Fsp3) is 0.357. The van der Waals surface area contributed by atoms with E-state index in [0.717, 1.165) is 30.6 Å². The number of nitrogens with zero attached hydrogens (tertiary/aromatic N) is 2. The number of ether oxygens (including phenoxy) is 1. The molecule has 2 heterocycles. The average Bonchev–Trinajstić information content (AvgIpc) is 3.54. The van der Waals surface area contributed by atoms with Crippen LogP contribution in [0, 0.1) is 12.8 Å². The Kier molecular flexibility index (Phi) is 6.68. The predicted molar refractivity (Wildman–Crippen MR) is 134 cm³/mol. The molecular formula is C28H30N2O3S. The number of benzene rings is 2. The average molecular weight is 475 g/mol. The number of rotatable bonds is 8. The Hall–Kier alpha value is -3.12. The van der Waals surface area contributed by atoms with Gasteiger partial charge in [0, 0.05) is 23.5 Å². The SMILES string of the molecule is Cc1cccc(C(=O)N(CC(=O)N2CCc3sccc3[C@H]2COc2ccccc2)CC2CC2)c1. The van der Waals surface area contributed by atoms with Gasteiger partial charge in [0.25, 0.3) is 5.91 Å². The van der Waals surface area contributed by atoms with Gasteiger partial charge in [0.2, 0.25) is 5.91 Å². The Bertz CT molecular complexity index is 1160. The van der Waals surface area contributed by atoms with E-state index < -0.39 is 0 Å². The van der Waals surface area contributed by atoms with E-state index in [9.17, 15) is 9.59 Å². The topological polar surface area (TPSA) is 49.9 Å². The van der Waals surface area contributed by atoms with E-state index in [2.05, 4.69) is 11.4 Å². The van der Waals surface area contributed by atoms with Crippen LogP contribution in [0.4, 0.5) is 0 Å². The van der Waals surface area contributed by atoms with Crippen molar-refractivity contribution in [1.29, 1.82) is 0 Å². The highest BCUT2D eigenvalue weighted by Gasteiger charge is 2.35. The van der Waals surface area contributed by atoms with E-state index >= 15 is 0 Å². The third kappa shape index (κ3) is 5.17. The van der Waals surface area contributed by atoms with E-state index in [4.69, 9.17) is 4.74 Å². The first kappa shape index (κ1) is 22.7. The van der Waals surface area contributed by atoms with Crippen molar-refractivity contribution in [3.8, 4) is 5.75 Å². The predicted octanol–water partition coefficient (Wildman–Crippen LogP) is 5.11. The Labute approximate surface area is 205 Å². The molecule has 0 radical (unpaired) electrons. The first-order valence-corrected chi connectivity index (χ1v) is 12.9. The Morgan fingerprint density at radius 1 is 1.09 bits per heavy atom. The van der Waals surface area contributed by atoms with Crippen molar-refractivity contribution in [3.05, 3.63) is 87.6 Å². The molecule has 5 nitrogen and oxygen atoms in total. The number of carbonyl (C=O) groups is 2. The number of thiophene rings is 1. The molecule has 0 bridgehead atoms. The van der Waals surface area contributed by atoms with Gasteiger partial charge in [-0.25, -0.2) is 0 Å². The second kappa shape index (κ2) is 10.0. The standard InChI is InChI=1S/C28H30N2O3S/c1-20-6-5-7-22(16-20)28(32)29(17-21-10-11-21)18-27(31)30-14-12-26-24(13-15-34-26)25(30)19-33-23-8-3-2-4-9-23/h2-9,13,15-16,21,25H,10-12,14,17-19H2,1H3/t25-/m1/s1. The van der Waals surface area contributed by atoms with Gasteiger partial charge in [0.15, 0.2) is 0 Å². The summed E-state index contributed by atoms with van der Waals surface area (Å²) in [5.41, 5.74) is 2.86. The zero-order valence-electron chi connectivity index (χ0n) is 19.5. The second-order valence-electron chi connectivity index (χ2n) is 9.27. The normalized spacial score (nSPS) is 17.2. The number of hydrogen-bond donors (Lipinski definition) is 0. The number of aryl methyl sites for hydroxylation is 1. The van der Waals surface area contributed by atoms with E-state index in [1.165, 1.54) is 10.4 Å². The van der Waals surface area contributed by atoms with Crippen LogP contribution in [0.25, 0.3) is 0 Å². The summed E-state index contributed by atoms with van der Waals surface area (Å²) in [6.07, 6.45) is 3.09. The molecule has 1 atom stereocenters. The maximum Gasteiger partial charge on any atom is 0.254 e. The number of para-hydroxylation sites is 1. The minimum atomic E-state index is -0.153. The molecule has 0 N–H and O–H groups in total. The molecule has 1 aliphatic carbocycles. The summed E-state index contributed by atoms with van der Waals surface area (Å²) in [5, 5.41) is 2.09. The van der Waals surface area contributed by atoms with Crippen LogP contribution in [0.2, 0.25) is 0 Å². The molecule has 2 aliphatic rings. The Balaban J connectivity index is 1.34. The summed E-state index contributed by atoms with van der Waals surface area (Å²) in [5.74, 6) is 1.22. The van der Waals surface area contributed by atoms with Gasteiger partial charge in [-0.05, 0) is 73.4 Å². The summed E-state index contributed by atoms with van der Waals surface area (Å²) in [4.78, 5) is 32.0. The highest BCUT2D eigenvalue weighted by Crippen LogP contribution is 2.35. The van der Waals surface area contributed by atoms with Crippen LogP contribution in [0.1, 0.15) is 45.2 Å². The summed E-state index contributed by atoms with van der Waals surface area (Å²) >= 11 is 1.74. The van der Waals surface area contributed by atoms with E-state index in [1.54, 1.807) is 16.2 Å². The third-order valence-electron chi connectivity index (χ3n) is 6.62. The zero-order chi connectivity index (χ0) is 23.5. The van der Waals surface area contributed by atoms with Crippen LogP contribution in [-0.4, -0.2) is 47.9 Å². The Morgan fingerprint density at radius 2 is 1.91 bits per heavy atom. The first-order valence-electron chi connectivity index (χ1n) is 12.0. The van der Waals surface area contributed by atoms with E-state index in [0.29, 0.717) is 31.2 Å². The largest absolute Gasteiger partial charge is 0.491 e. The lowest BCUT2D eigenvalue weighted by atomic mass is 10.00. The second-order valence-corrected chi connectivity index (χ2v) is 10.3. The molecule has 34 heavy (non-hydrogen) atoms. The monoisotopic (exact) mass is 474 g/mol. The van der Waals surface area contributed by atoms with Gasteiger partial charge in [-0.1, -0.05) is 35.9 Å². The Morgan fingerprint density at radius 3 is 2.68 bits per heavy atom. The first-order chi connectivity index (χ1) is 16.6. The van der Waals surface area contributed by atoms with Crippen LogP contribution < -0.4 is 4.74 Å².